The van der Waals surface area contributed by atoms with Crippen LogP contribution in [0.15, 0.2) is 12.1 Å². The van der Waals surface area contributed by atoms with Crippen LogP contribution in [0.3, 0.4) is 0 Å². The minimum Gasteiger partial charge on any atom is -0.491 e. The van der Waals surface area contributed by atoms with Gasteiger partial charge in [-0.15, -0.1) is 0 Å². The van der Waals surface area contributed by atoms with Crippen LogP contribution in [0.4, 0.5) is 0 Å². The van der Waals surface area contributed by atoms with Crippen LogP contribution < -0.4 is 10.1 Å². The van der Waals surface area contributed by atoms with E-state index in [4.69, 9.17) is 9.47 Å². The lowest BCUT2D eigenvalue weighted by Crippen LogP contribution is -2.32. The predicted octanol–water partition coefficient (Wildman–Crippen LogP) is 2.99. The molecule has 1 N–H and O–H groups in total. The number of benzene rings is 1. The standard InChI is InChI=1S/C17H27NO3/c1-6-12(2)17(19)18-7-8-21-16-13(3)9-15(11-20-5)10-14(16)4/h9-10,12H,6-8,11H2,1-5H3,(H,18,19). The van der Waals surface area contributed by atoms with Crippen molar-refractivity contribution in [1.29, 1.82) is 0 Å². The van der Waals surface area contributed by atoms with E-state index < -0.39 is 0 Å². The summed E-state index contributed by atoms with van der Waals surface area (Å²) in [6, 6.07) is 4.15. The van der Waals surface area contributed by atoms with Crippen molar-refractivity contribution < 1.29 is 14.3 Å². The van der Waals surface area contributed by atoms with Gasteiger partial charge in [-0.3, -0.25) is 4.79 Å². The molecule has 0 aliphatic rings. The highest BCUT2D eigenvalue weighted by Gasteiger charge is 2.10. The largest absolute Gasteiger partial charge is 0.491 e. The first-order valence-electron chi connectivity index (χ1n) is 7.49. The highest BCUT2D eigenvalue weighted by Crippen LogP contribution is 2.25. The predicted molar refractivity (Wildman–Crippen MR) is 84.6 cm³/mol. The van der Waals surface area contributed by atoms with Gasteiger partial charge in [-0.2, -0.15) is 0 Å². The van der Waals surface area contributed by atoms with Crippen molar-refractivity contribution >= 4 is 5.91 Å². The SMILES string of the molecule is CCC(C)C(=O)NCCOc1c(C)cc(COC)cc1C. The van der Waals surface area contributed by atoms with E-state index in [0.717, 1.165) is 28.9 Å². The second-order valence-electron chi connectivity index (χ2n) is 5.44. The number of aryl methyl sites for hydroxylation is 2. The summed E-state index contributed by atoms with van der Waals surface area (Å²) in [5, 5.41) is 2.89. The van der Waals surface area contributed by atoms with E-state index in [1.807, 2.05) is 27.7 Å². The lowest BCUT2D eigenvalue weighted by molar-refractivity contribution is -0.124. The molecule has 0 aliphatic carbocycles. The summed E-state index contributed by atoms with van der Waals surface area (Å²) in [5.74, 6) is 1.04. The molecule has 1 rings (SSSR count). The topological polar surface area (TPSA) is 47.6 Å². The lowest BCUT2D eigenvalue weighted by atomic mass is 10.1. The Morgan fingerprint density at radius 1 is 1.29 bits per heavy atom. The molecule has 0 fully saturated rings. The first kappa shape index (κ1) is 17.5. The fraction of sp³-hybridized carbons (Fsp3) is 0.588. The van der Waals surface area contributed by atoms with Gasteiger partial charge in [0.25, 0.3) is 0 Å². The highest BCUT2D eigenvalue weighted by molar-refractivity contribution is 5.78. The minimum absolute atomic E-state index is 0.0572. The summed E-state index contributed by atoms with van der Waals surface area (Å²) in [6.07, 6.45) is 0.853. The molecule has 1 amide bonds. The number of hydrogen-bond acceptors (Lipinski definition) is 3. The molecule has 0 heterocycles. The van der Waals surface area contributed by atoms with Gasteiger partial charge in [-0.1, -0.05) is 26.0 Å². The molecule has 0 saturated carbocycles. The zero-order valence-electron chi connectivity index (χ0n) is 13.8. The number of rotatable bonds is 8. The normalized spacial score (nSPS) is 12.0. The second-order valence-corrected chi connectivity index (χ2v) is 5.44. The molecule has 0 aliphatic heterocycles. The van der Waals surface area contributed by atoms with Gasteiger partial charge in [0.2, 0.25) is 5.91 Å². The summed E-state index contributed by atoms with van der Waals surface area (Å²) >= 11 is 0. The molecular weight excluding hydrogens is 266 g/mol. The highest BCUT2D eigenvalue weighted by atomic mass is 16.5. The third kappa shape index (κ3) is 5.38. The van der Waals surface area contributed by atoms with Gasteiger partial charge in [0.1, 0.15) is 12.4 Å². The first-order valence-corrected chi connectivity index (χ1v) is 7.49. The molecule has 4 nitrogen and oxygen atoms in total. The Hall–Kier alpha value is -1.55. The van der Waals surface area contributed by atoms with Crippen LogP contribution in [0.25, 0.3) is 0 Å². The van der Waals surface area contributed by atoms with Crippen molar-refractivity contribution in [2.24, 2.45) is 5.92 Å². The van der Waals surface area contributed by atoms with Crippen LogP contribution >= 0.6 is 0 Å². The van der Waals surface area contributed by atoms with E-state index in [-0.39, 0.29) is 11.8 Å². The summed E-state index contributed by atoms with van der Waals surface area (Å²) < 4.78 is 11.0. The van der Waals surface area contributed by atoms with Gasteiger partial charge in [-0.25, -0.2) is 0 Å². The maximum atomic E-state index is 11.7. The van der Waals surface area contributed by atoms with E-state index in [1.54, 1.807) is 7.11 Å². The third-order valence-electron chi connectivity index (χ3n) is 3.54. The van der Waals surface area contributed by atoms with Crippen LogP contribution in [0.2, 0.25) is 0 Å². The fourth-order valence-electron chi connectivity index (χ4n) is 2.20. The van der Waals surface area contributed by atoms with Gasteiger partial charge in [0.15, 0.2) is 0 Å². The molecule has 0 spiro atoms. The maximum absolute atomic E-state index is 11.7. The number of amides is 1. The Bertz CT molecular complexity index is 448. The van der Waals surface area contributed by atoms with Gasteiger partial charge in [0, 0.05) is 13.0 Å². The summed E-state index contributed by atoms with van der Waals surface area (Å²) in [6.45, 7) is 9.61. The molecule has 1 unspecified atom stereocenters. The molecule has 0 bridgehead atoms. The monoisotopic (exact) mass is 293 g/mol. The van der Waals surface area contributed by atoms with Crippen LogP contribution in [0, 0.1) is 19.8 Å². The number of methoxy groups -OCH3 is 1. The fourth-order valence-corrected chi connectivity index (χ4v) is 2.20. The Labute approximate surface area is 127 Å². The Balaban J connectivity index is 2.51. The molecule has 1 atom stereocenters. The summed E-state index contributed by atoms with van der Waals surface area (Å²) in [7, 11) is 1.69. The molecule has 118 valence electrons. The number of nitrogens with one attached hydrogen (secondary N) is 1. The summed E-state index contributed by atoms with van der Waals surface area (Å²) in [4.78, 5) is 11.7. The van der Waals surface area contributed by atoms with Crippen molar-refractivity contribution in [3.8, 4) is 5.75 Å². The van der Waals surface area contributed by atoms with Crippen LogP contribution in [-0.2, 0) is 16.1 Å². The average Bonchev–Trinajstić information content (AvgIpc) is 2.44. The van der Waals surface area contributed by atoms with Crippen molar-refractivity contribution in [3.05, 3.63) is 28.8 Å². The number of ether oxygens (including phenoxy) is 2. The average molecular weight is 293 g/mol. The molecule has 1 aromatic carbocycles. The van der Waals surface area contributed by atoms with Gasteiger partial charge >= 0.3 is 0 Å². The molecule has 4 heteroatoms. The van der Waals surface area contributed by atoms with Crippen molar-refractivity contribution in [1.82, 2.24) is 5.32 Å². The third-order valence-corrected chi connectivity index (χ3v) is 3.54. The summed E-state index contributed by atoms with van der Waals surface area (Å²) in [5.41, 5.74) is 3.33. The van der Waals surface area contributed by atoms with E-state index >= 15 is 0 Å². The van der Waals surface area contributed by atoms with E-state index in [1.165, 1.54) is 0 Å². The second kappa shape index (κ2) is 8.67. The molecule has 0 aromatic heterocycles. The number of hydrogen-bond donors (Lipinski definition) is 1. The van der Waals surface area contributed by atoms with Crippen molar-refractivity contribution in [2.45, 2.75) is 40.7 Å². The number of carbonyl (C=O) groups excluding carboxylic acids is 1. The smallest absolute Gasteiger partial charge is 0.222 e. The molecule has 0 saturated heterocycles. The van der Waals surface area contributed by atoms with Crippen LogP contribution in [0.5, 0.6) is 5.75 Å². The Kier molecular flexibility index (Phi) is 7.23. The quantitative estimate of drug-likeness (QED) is 0.750. The van der Waals surface area contributed by atoms with Crippen LogP contribution in [-0.4, -0.2) is 26.2 Å². The Morgan fingerprint density at radius 2 is 1.90 bits per heavy atom. The first-order chi connectivity index (χ1) is 9.99. The zero-order valence-corrected chi connectivity index (χ0v) is 13.8. The van der Waals surface area contributed by atoms with E-state index in [0.29, 0.717) is 19.8 Å². The van der Waals surface area contributed by atoms with E-state index in [9.17, 15) is 4.79 Å². The van der Waals surface area contributed by atoms with Crippen molar-refractivity contribution in [2.75, 3.05) is 20.3 Å². The molecule has 21 heavy (non-hydrogen) atoms. The minimum atomic E-state index is 0.0572. The maximum Gasteiger partial charge on any atom is 0.222 e. The molecular formula is C17H27NO3. The molecule has 1 aromatic rings. The zero-order chi connectivity index (χ0) is 15.8. The molecule has 0 radical (unpaired) electrons. The Morgan fingerprint density at radius 3 is 2.43 bits per heavy atom. The van der Waals surface area contributed by atoms with Gasteiger partial charge in [-0.05, 0) is 37.0 Å². The van der Waals surface area contributed by atoms with E-state index in [2.05, 4.69) is 17.4 Å². The van der Waals surface area contributed by atoms with Gasteiger partial charge < -0.3 is 14.8 Å². The lowest BCUT2D eigenvalue weighted by Gasteiger charge is -2.15. The number of carbonyl (C=O) groups is 1. The van der Waals surface area contributed by atoms with Crippen LogP contribution in [0.1, 0.15) is 37.0 Å². The van der Waals surface area contributed by atoms with Crippen molar-refractivity contribution in [3.63, 3.8) is 0 Å². The van der Waals surface area contributed by atoms with Gasteiger partial charge in [0.05, 0.1) is 13.2 Å².